The Morgan fingerprint density at radius 1 is 1.33 bits per heavy atom. The molecule has 2 aliphatic rings. The van der Waals surface area contributed by atoms with E-state index in [1.54, 1.807) is 7.11 Å². The summed E-state index contributed by atoms with van der Waals surface area (Å²) < 4.78 is 5.34. The Morgan fingerprint density at radius 2 is 2.19 bits per heavy atom. The van der Waals surface area contributed by atoms with Crippen molar-refractivity contribution in [2.24, 2.45) is 23.5 Å². The number of rotatable bonds is 6. The molecule has 0 saturated heterocycles. The maximum absolute atomic E-state index is 6.06. The lowest BCUT2D eigenvalue weighted by atomic mass is 9.88. The van der Waals surface area contributed by atoms with Gasteiger partial charge in [0.1, 0.15) is 5.75 Å². The molecule has 21 heavy (non-hydrogen) atoms. The summed E-state index contributed by atoms with van der Waals surface area (Å²) in [4.78, 5) is 2.46. The van der Waals surface area contributed by atoms with Crippen LogP contribution in [0, 0.1) is 17.8 Å². The average Bonchev–Trinajstić information content (AvgIpc) is 3.11. The molecule has 0 heterocycles. The maximum Gasteiger partial charge on any atom is 0.119 e. The van der Waals surface area contributed by atoms with Crippen LogP contribution in [0.4, 0.5) is 0 Å². The lowest BCUT2D eigenvalue weighted by molar-refractivity contribution is 0.176. The number of nitrogens with zero attached hydrogens (tertiary/aromatic N) is 1. The van der Waals surface area contributed by atoms with Crippen molar-refractivity contribution in [2.75, 3.05) is 27.2 Å². The number of methoxy groups -OCH3 is 1. The van der Waals surface area contributed by atoms with Crippen LogP contribution >= 0.6 is 0 Å². The molecule has 2 bridgehead atoms. The highest BCUT2D eigenvalue weighted by molar-refractivity contribution is 5.30. The van der Waals surface area contributed by atoms with Crippen molar-refractivity contribution < 1.29 is 4.74 Å². The largest absolute Gasteiger partial charge is 0.497 e. The second-order valence-corrected chi connectivity index (χ2v) is 6.90. The Bertz CT molecular complexity index is 476. The summed E-state index contributed by atoms with van der Waals surface area (Å²) in [5, 5.41) is 0. The molecular weight excluding hydrogens is 260 g/mol. The van der Waals surface area contributed by atoms with Gasteiger partial charge in [-0.1, -0.05) is 18.6 Å². The molecule has 4 atom stereocenters. The Hall–Kier alpha value is -1.06. The summed E-state index contributed by atoms with van der Waals surface area (Å²) >= 11 is 0. The third-order valence-electron chi connectivity index (χ3n) is 5.64. The van der Waals surface area contributed by atoms with Crippen LogP contribution in [0.25, 0.3) is 0 Å². The zero-order valence-corrected chi connectivity index (χ0v) is 13.3. The van der Waals surface area contributed by atoms with E-state index < -0.39 is 0 Å². The quantitative estimate of drug-likeness (QED) is 0.874. The standard InChI is InChI=1S/C18H28N2O/c1-20(12-16-9-13-6-7-14(16)8-13)18(11-19)15-4-3-5-17(10-15)21-2/h3-5,10,13-14,16,18H,6-9,11-12,19H2,1-2H3. The van der Waals surface area contributed by atoms with Gasteiger partial charge in [-0.2, -0.15) is 0 Å². The second kappa shape index (κ2) is 6.37. The van der Waals surface area contributed by atoms with E-state index in [4.69, 9.17) is 10.5 Å². The van der Waals surface area contributed by atoms with Gasteiger partial charge in [0.15, 0.2) is 0 Å². The summed E-state index contributed by atoms with van der Waals surface area (Å²) in [5.74, 6) is 3.79. The van der Waals surface area contributed by atoms with Gasteiger partial charge in [-0.15, -0.1) is 0 Å². The molecular formula is C18H28N2O. The van der Waals surface area contributed by atoms with Gasteiger partial charge in [0.05, 0.1) is 7.11 Å². The highest BCUT2D eigenvalue weighted by atomic mass is 16.5. The zero-order valence-electron chi connectivity index (χ0n) is 13.3. The lowest BCUT2D eigenvalue weighted by Gasteiger charge is -2.32. The van der Waals surface area contributed by atoms with Crippen molar-refractivity contribution in [1.82, 2.24) is 4.90 Å². The first-order valence-corrected chi connectivity index (χ1v) is 8.25. The first kappa shape index (κ1) is 14.9. The van der Waals surface area contributed by atoms with Gasteiger partial charge in [-0.05, 0) is 61.8 Å². The van der Waals surface area contributed by atoms with Gasteiger partial charge in [-0.3, -0.25) is 4.90 Å². The highest BCUT2D eigenvalue weighted by Crippen LogP contribution is 2.48. The molecule has 1 aromatic carbocycles. The number of fused-ring (bicyclic) bond motifs is 2. The molecule has 4 unspecified atom stereocenters. The predicted octanol–water partition coefficient (Wildman–Crippen LogP) is 3.06. The third kappa shape index (κ3) is 3.09. The SMILES string of the molecule is COc1cccc(C(CN)N(C)CC2CC3CCC2C3)c1. The van der Waals surface area contributed by atoms with Crippen molar-refractivity contribution in [1.29, 1.82) is 0 Å². The molecule has 0 aromatic heterocycles. The lowest BCUT2D eigenvalue weighted by Crippen LogP contribution is -2.35. The molecule has 2 aliphatic carbocycles. The summed E-state index contributed by atoms with van der Waals surface area (Å²) in [6, 6.07) is 8.63. The van der Waals surface area contributed by atoms with Crippen molar-refractivity contribution >= 4 is 0 Å². The normalized spacial score (nSPS) is 29.0. The van der Waals surface area contributed by atoms with Crippen LogP contribution in [0.5, 0.6) is 5.75 Å². The van der Waals surface area contributed by atoms with Crippen LogP contribution in [-0.4, -0.2) is 32.1 Å². The Labute approximate surface area is 128 Å². The summed E-state index contributed by atoms with van der Waals surface area (Å²) in [5.41, 5.74) is 7.33. The number of nitrogens with two attached hydrogens (primary N) is 1. The first-order valence-electron chi connectivity index (χ1n) is 8.25. The van der Waals surface area contributed by atoms with Gasteiger partial charge in [0.2, 0.25) is 0 Å². The van der Waals surface area contributed by atoms with Gasteiger partial charge in [0, 0.05) is 19.1 Å². The Balaban J connectivity index is 1.67. The van der Waals surface area contributed by atoms with E-state index >= 15 is 0 Å². The topological polar surface area (TPSA) is 38.5 Å². The van der Waals surface area contributed by atoms with Crippen LogP contribution in [0.1, 0.15) is 37.3 Å². The van der Waals surface area contributed by atoms with Crippen LogP contribution in [0.2, 0.25) is 0 Å². The van der Waals surface area contributed by atoms with Crippen LogP contribution in [0.3, 0.4) is 0 Å². The molecule has 3 nitrogen and oxygen atoms in total. The Kier molecular flexibility index (Phi) is 4.51. The van der Waals surface area contributed by atoms with Crippen LogP contribution in [-0.2, 0) is 0 Å². The van der Waals surface area contributed by atoms with E-state index in [0.29, 0.717) is 12.6 Å². The smallest absolute Gasteiger partial charge is 0.119 e. The average molecular weight is 288 g/mol. The van der Waals surface area contributed by atoms with E-state index in [2.05, 4.69) is 30.1 Å². The molecule has 0 spiro atoms. The fourth-order valence-electron chi connectivity index (χ4n) is 4.52. The number of benzene rings is 1. The molecule has 0 aliphatic heterocycles. The molecule has 2 fully saturated rings. The molecule has 2 saturated carbocycles. The van der Waals surface area contributed by atoms with Gasteiger partial charge >= 0.3 is 0 Å². The van der Waals surface area contributed by atoms with E-state index in [0.717, 1.165) is 23.5 Å². The molecule has 116 valence electrons. The minimum Gasteiger partial charge on any atom is -0.497 e. The van der Waals surface area contributed by atoms with Crippen LogP contribution in [0.15, 0.2) is 24.3 Å². The fourth-order valence-corrected chi connectivity index (χ4v) is 4.52. The number of likely N-dealkylation sites (N-methyl/N-ethyl adjacent to an activating group) is 1. The molecule has 2 N–H and O–H groups in total. The van der Waals surface area contributed by atoms with Crippen molar-refractivity contribution in [3.05, 3.63) is 29.8 Å². The van der Waals surface area contributed by atoms with Gasteiger partial charge < -0.3 is 10.5 Å². The zero-order chi connectivity index (χ0) is 14.8. The molecule has 0 amide bonds. The van der Waals surface area contributed by atoms with Crippen LogP contribution < -0.4 is 10.5 Å². The summed E-state index contributed by atoms with van der Waals surface area (Å²) in [6.45, 7) is 1.84. The summed E-state index contributed by atoms with van der Waals surface area (Å²) in [7, 11) is 3.94. The molecule has 0 radical (unpaired) electrons. The van der Waals surface area contributed by atoms with Crippen molar-refractivity contribution in [3.63, 3.8) is 0 Å². The second-order valence-electron chi connectivity index (χ2n) is 6.90. The molecule has 3 rings (SSSR count). The monoisotopic (exact) mass is 288 g/mol. The third-order valence-corrected chi connectivity index (χ3v) is 5.64. The van der Waals surface area contributed by atoms with E-state index in [9.17, 15) is 0 Å². The fraction of sp³-hybridized carbons (Fsp3) is 0.667. The first-order chi connectivity index (χ1) is 10.2. The highest BCUT2D eigenvalue weighted by Gasteiger charge is 2.40. The Morgan fingerprint density at radius 3 is 2.81 bits per heavy atom. The summed E-state index contributed by atoms with van der Waals surface area (Å²) in [6.07, 6.45) is 5.84. The maximum atomic E-state index is 6.06. The number of hydrogen-bond donors (Lipinski definition) is 1. The minimum absolute atomic E-state index is 0.291. The van der Waals surface area contributed by atoms with Gasteiger partial charge in [0.25, 0.3) is 0 Å². The molecule has 1 aromatic rings. The molecule has 3 heteroatoms. The van der Waals surface area contributed by atoms with E-state index in [1.165, 1.54) is 37.8 Å². The van der Waals surface area contributed by atoms with E-state index in [-0.39, 0.29) is 0 Å². The van der Waals surface area contributed by atoms with E-state index in [1.807, 2.05) is 6.07 Å². The van der Waals surface area contributed by atoms with Crippen molar-refractivity contribution in [2.45, 2.75) is 31.7 Å². The number of hydrogen-bond acceptors (Lipinski definition) is 3. The number of ether oxygens (including phenoxy) is 1. The van der Waals surface area contributed by atoms with Crippen molar-refractivity contribution in [3.8, 4) is 5.75 Å². The predicted molar refractivity (Wildman–Crippen MR) is 86.4 cm³/mol. The van der Waals surface area contributed by atoms with Gasteiger partial charge in [-0.25, -0.2) is 0 Å². The minimum atomic E-state index is 0.291.